The molecule has 1 fully saturated rings. The lowest BCUT2D eigenvalue weighted by molar-refractivity contribution is -0.138. The molecule has 3 N–H and O–H groups in total. The van der Waals surface area contributed by atoms with Crippen LogP contribution in [0.15, 0.2) is 77.7 Å². The number of amides is 3. The Bertz CT molecular complexity index is 1530. The van der Waals surface area contributed by atoms with E-state index >= 15 is 0 Å². The van der Waals surface area contributed by atoms with E-state index in [1.54, 1.807) is 0 Å². The highest BCUT2D eigenvalue weighted by Gasteiger charge is 2.38. The van der Waals surface area contributed by atoms with Gasteiger partial charge in [0.1, 0.15) is 6.04 Å². The van der Waals surface area contributed by atoms with Gasteiger partial charge in [0.25, 0.3) is 0 Å². The zero-order valence-corrected chi connectivity index (χ0v) is 22.4. The van der Waals surface area contributed by atoms with Crippen molar-refractivity contribution in [2.45, 2.75) is 42.6 Å². The summed E-state index contributed by atoms with van der Waals surface area (Å²) in [5, 5.41) is 7.30. The summed E-state index contributed by atoms with van der Waals surface area (Å²) < 4.78 is 104. The van der Waals surface area contributed by atoms with Crippen molar-refractivity contribution in [1.29, 1.82) is 0 Å². The number of nitrogens with one attached hydrogen (secondary N) is 3. The van der Waals surface area contributed by atoms with E-state index in [-0.39, 0.29) is 34.9 Å². The molecular weight excluding hydrogens is 590 g/mol. The van der Waals surface area contributed by atoms with Crippen LogP contribution in [0.25, 0.3) is 0 Å². The maximum absolute atomic E-state index is 13.4. The van der Waals surface area contributed by atoms with Gasteiger partial charge in [-0.25, -0.2) is 13.2 Å². The van der Waals surface area contributed by atoms with Gasteiger partial charge in [0.2, 0.25) is 15.9 Å². The van der Waals surface area contributed by atoms with E-state index in [0.717, 1.165) is 52.8 Å². The Morgan fingerprint density at radius 3 is 1.55 bits per heavy atom. The van der Waals surface area contributed by atoms with Gasteiger partial charge in [-0.3, -0.25) is 4.79 Å². The zero-order chi connectivity index (χ0) is 30.7. The molecule has 1 saturated heterocycles. The molecule has 3 aromatic carbocycles. The van der Waals surface area contributed by atoms with E-state index in [0.29, 0.717) is 12.8 Å². The monoisotopic (exact) mass is 614 g/mol. The minimum absolute atomic E-state index is 0.0446. The van der Waals surface area contributed by atoms with Crippen LogP contribution in [0.3, 0.4) is 0 Å². The molecule has 0 aromatic heterocycles. The Morgan fingerprint density at radius 1 is 0.667 bits per heavy atom. The second-order valence-corrected chi connectivity index (χ2v) is 11.3. The number of rotatable bonds is 6. The second-order valence-electron chi connectivity index (χ2n) is 9.37. The van der Waals surface area contributed by atoms with Crippen molar-refractivity contribution in [2.75, 3.05) is 22.5 Å². The smallest absolute Gasteiger partial charge is 0.325 e. The van der Waals surface area contributed by atoms with Crippen LogP contribution in [0.5, 0.6) is 0 Å². The molecule has 1 heterocycles. The number of alkyl halides is 6. The summed E-state index contributed by atoms with van der Waals surface area (Å²) in [6.07, 6.45) is -7.80. The number of benzene rings is 3. The van der Waals surface area contributed by atoms with Crippen molar-refractivity contribution in [3.63, 3.8) is 0 Å². The van der Waals surface area contributed by atoms with Crippen LogP contribution in [0.1, 0.15) is 30.4 Å². The number of hydrogen-bond acceptors (Lipinski definition) is 4. The molecule has 0 bridgehead atoms. The normalized spacial score (nSPS) is 16.5. The summed E-state index contributed by atoms with van der Waals surface area (Å²) >= 11 is 0. The molecule has 0 aliphatic carbocycles. The van der Waals surface area contributed by atoms with Crippen molar-refractivity contribution in [1.82, 2.24) is 4.31 Å². The number of sulfonamides is 1. The molecule has 1 aliphatic rings. The first-order chi connectivity index (χ1) is 19.6. The average molecular weight is 615 g/mol. The third kappa shape index (κ3) is 7.39. The largest absolute Gasteiger partial charge is 0.416 e. The number of carbonyl (C=O) groups is 2. The number of hydrogen-bond donors (Lipinski definition) is 3. The molecule has 0 radical (unpaired) electrons. The summed E-state index contributed by atoms with van der Waals surface area (Å²) in [6, 6.07) is 10.8. The molecule has 15 heteroatoms. The van der Waals surface area contributed by atoms with Gasteiger partial charge in [0, 0.05) is 23.6 Å². The highest BCUT2D eigenvalue weighted by atomic mass is 32.2. The molecule has 0 saturated carbocycles. The number of nitrogens with zero attached hydrogens (tertiary/aromatic N) is 1. The zero-order valence-electron chi connectivity index (χ0n) is 21.6. The molecule has 4 rings (SSSR count). The number of carbonyl (C=O) groups excluding carboxylic acids is 2. The maximum Gasteiger partial charge on any atom is 0.416 e. The molecule has 224 valence electrons. The standard InChI is InChI=1S/C27H24F6N4O4S/c28-26(29,30)17-4-8-19(9-5-17)34-24(38)23-3-1-2-16-37(23)42(40,41)22-14-12-21(13-15-22)36-25(39)35-20-10-6-18(7-11-20)27(31,32)33/h4-15,23H,1-3,16H2,(H,34,38)(H2,35,36,39)/t23-/m0/s1. The third-order valence-corrected chi connectivity index (χ3v) is 8.35. The van der Waals surface area contributed by atoms with Crippen molar-refractivity contribution < 1.29 is 44.3 Å². The fourth-order valence-corrected chi connectivity index (χ4v) is 5.96. The Kier molecular flexibility index (Phi) is 8.82. The molecule has 0 unspecified atom stereocenters. The van der Waals surface area contributed by atoms with Gasteiger partial charge in [-0.15, -0.1) is 0 Å². The van der Waals surface area contributed by atoms with Gasteiger partial charge in [-0.2, -0.15) is 30.6 Å². The Labute approximate surface area is 236 Å². The Hall–Kier alpha value is -4.11. The summed E-state index contributed by atoms with van der Waals surface area (Å²) in [4.78, 5) is 25.1. The molecular formula is C27H24F6N4O4S. The Balaban J connectivity index is 1.41. The van der Waals surface area contributed by atoms with E-state index in [2.05, 4.69) is 16.0 Å². The lowest BCUT2D eigenvalue weighted by atomic mass is 10.0. The minimum Gasteiger partial charge on any atom is -0.325 e. The van der Waals surface area contributed by atoms with E-state index in [1.807, 2.05) is 0 Å². The van der Waals surface area contributed by atoms with Crippen LogP contribution in [-0.2, 0) is 27.2 Å². The SMILES string of the molecule is O=C(Nc1ccc(C(F)(F)F)cc1)Nc1ccc(S(=O)(=O)N2CCCC[C@H]2C(=O)Nc2ccc(C(F)(F)F)cc2)cc1. The van der Waals surface area contributed by atoms with Crippen molar-refractivity contribution in [3.8, 4) is 0 Å². The molecule has 1 atom stereocenters. The van der Waals surface area contributed by atoms with Crippen LogP contribution in [-0.4, -0.2) is 37.2 Å². The van der Waals surface area contributed by atoms with E-state index in [1.165, 1.54) is 24.3 Å². The molecule has 8 nitrogen and oxygen atoms in total. The third-order valence-electron chi connectivity index (χ3n) is 6.42. The quantitative estimate of drug-likeness (QED) is 0.274. The summed E-state index contributed by atoms with van der Waals surface area (Å²) in [5.41, 5.74) is -1.39. The van der Waals surface area contributed by atoms with Gasteiger partial charge in [-0.1, -0.05) is 6.42 Å². The number of piperidine rings is 1. The average Bonchev–Trinajstić information content (AvgIpc) is 2.93. The van der Waals surface area contributed by atoms with Crippen molar-refractivity contribution in [3.05, 3.63) is 83.9 Å². The van der Waals surface area contributed by atoms with Crippen molar-refractivity contribution >= 4 is 39.0 Å². The van der Waals surface area contributed by atoms with Crippen LogP contribution in [0.2, 0.25) is 0 Å². The molecule has 3 amide bonds. The highest BCUT2D eigenvalue weighted by molar-refractivity contribution is 7.89. The van der Waals surface area contributed by atoms with E-state index < -0.39 is 51.5 Å². The summed E-state index contributed by atoms with van der Waals surface area (Å²) in [7, 11) is -4.18. The Morgan fingerprint density at radius 2 is 1.10 bits per heavy atom. The van der Waals surface area contributed by atoms with Gasteiger partial charge in [0.15, 0.2) is 0 Å². The van der Waals surface area contributed by atoms with Gasteiger partial charge in [-0.05, 0) is 85.6 Å². The molecule has 1 aliphatic heterocycles. The van der Waals surface area contributed by atoms with Gasteiger partial charge < -0.3 is 16.0 Å². The second kappa shape index (κ2) is 12.0. The van der Waals surface area contributed by atoms with Crippen LogP contribution in [0.4, 0.5) is 48.2 Å². The van der Waals surface area contributed by atoms with Crippen LogP contribution < -0.4 is 16.0 Å². The number of anilines is 3. The number of urea groups is 1. The topological polar surface area (TPSA) is 108 Å². The predicted octanol–water partition coefficient (Wildman–Crippen LogP) is 6.55. The summed E-state index contributed by atoms with van der Waals surface area (Å²) in [5.74, 6) is -0.684. The minimum atomic E-state index is -4.54. The lowest BCUT2D eigenvalue weighted by Crippen LogP contribution is -2.49. The van der Waals surface area contributed by atoms with E-state index in [9.17, 15) is 44.3 Å². The maximum atomic E-state index is 13.4. The summed E-state index contributed by atoms with van der Waals surface area (Å²) in [6.45, 7) is 0.0446. The number of halogens is 6. The fraction of sp³-hybridized carbons (Fsp3) is 0.259. The predicted molar refractivity (Wildman–Crippen MR) is 142 cm³/mol. The van der Waals surface area contributed by atoms with Crippen LogP contribution in [0, 0.1) is 0 Å². The first kappa shape index (κ1) is 30.8. The van der Waals surface area contributed by atoms with E-state index in [4.69, 9.17) is 0 Å². The highest BCUT2D eigenvalue weighted by Crippen LogP contribution is 2.32. The van der Waals surface area contributed by atoms with Crippen LogP contribution >= 0.6 is 0 Å². The fourth-order valence-electron chi connectivity index (χ4n) is 4.30. The van der Waals surface area contributed by atoms with Crippen molar-refractivity contribution in [2.24, 2.45) is 0 Å². The lowest BCUT2D eigenvalue weighted by Gasteiger charge is -2.33. The first-order valence-corrected chi connectivity index (χ1v) is 13.9. The molecule has 0 spiro atoms. The van der Waals surface area contributed by atoms with Gasteiger partial charge >= 0.3 is 18.4 Å². The molecule has 42 heavy (non-hydrogen) atoms. The first-order valence-electron chi connectivity index (χ1n) is 12.5. The van der Waals surface area contributed by atoms with Gasteiger partial charge in [0.05, 0.1) is 16.0 Å². The molecule has 3 aromatic rings.